The molecule has 0 radical (unpaired) electrons. The summed E-state index contributed by atoms with van der Waals surface area (Å²) < 4.78 is 11.2. The summed E-state index contributed by atoms with van der Waals surface area (Å²) in [5, 5.41) is 10.5. The van der Waals surface area contributed by atoms with Gasteiger partial charge in [-0.3, -0.25) is 9.59 Å². The Bertz CT molecular complexity index is 671. The van der Waals surface area contributed by atoms with Crippen LogP contribution in [-0.4, -0.2) is 36.4 Å². The lowest BCUT2D eigenvalue weighted by Gasteiger charge is -2.23. The number of unbranched alkanes of at least 4 members (excludes halogenated alkanes) is 22. The minimum Gasteiger partial charge on any atom is -0.465 e. The van der Waals surface area contributed by atoms with E-state index in [4.69, 9.17) is 9.47 Å². The highest BCUT2D eigenvalue weighted by molar-refractivity contribution is 5.76. The van der Waals surface area contributed by atoms with Crippen LogP contribution in [0.5, 0.6) is 0 Å². The molecule has 1 N–H and O–H groups in total. The van der Waals surface area contributed by atoms with E-state index in [1.54, 1.807) is 0 Å². The number of ether oxygens (including phenoxy) is 2. The maximum absolute atomic E-state index is 12.6. The molecule has 48 heavy (non-hydrogen) atoms. The molecule has 286 valence electrons. The van der Waals surface area contributed by atoms with Crippen LogP contribution >= 0.6 is 0 Å². The molecule has 0 aliphatic rings. The Kier molecular flexibility index (Phi) is 31.1. The van der Waals surface area contributed by atoms with Gasteiger partial charge in [-0.1, -0.05) is 168 Å². The van der Waals surface area contributed by atoms with E-state index >= 15 is 0 Å². The number of carbonyl (C=O) groups is 2. The van der Waals surface area contributed by atoms with Gasteiger partial charge in [-0.25, -0.2) is 0 Å². The smallest absolute Gasteiger partial charge is 0.311 e. The van der Waals surface area contributed by atoms with Crippen molar-refractivity contribution < 1.29 is 24.2 Å². The molecule has 0 aromatic heterocycles. The molecule has 0 fully saturated rings. The molecule has 0 aliphatic carbocycles. The van der Waals surface area contributed by atoms with E-state index < -0.39 is 10.8 Å². The third-order valence-corrected chi connectivity index (χ3v) is 10.2. The molecule has 0 bridgehead atoms. The van der Waals surface area contributed by atoms with E-state index in [1.165, 1.54) is 103 Å². The van der Waals surface area contributed by atoms with Crippen LogP contribution in [0, 0.1) is 10.8 Å². The lowest BCUT2D eigenvalue weighted by molar-refractivity contribution is -0.155. The fraction of sp³-hybridized carbons (Fsp3) is 0.953. The largest absolute Gasteiger partial charge is 0.465 e. The molecule has 0 aromatic carbocycles. The number of hydrogen-bond acceptors (Lipinski definition) is 5. The van der Waals surface area contributed by atoms with Crippen molar-refractivity contribution in [3.63, 3.8) is 0 Å². The van der Waals surface area contributed by atoms with Crippen molar-refractivity contribution in [2.75, 3.05) is 13.2 Å². The lowest BCUT2D eigenvalue weighted by atomic mass is 9.86. The molecule has 0 saturated carbocycles. The first kappa shape index (κ1) is 46.9. The predicted octanol–water partition coefficient (Wildman–Crippen LogP) is 13.2. The van der Waals surface area contributed by atoms with Crippen molar-refractivity contribution in [2.24, 2.45) is 10.8 Å². The van der Waals surface area contributed by atoms with E-state index in [0.717, 1.165) is 89.9 Å². The molecule has 0 heterocycles. The molecule has 0 aliphatic heterocycles. The first-order valence-corrected chi connectivity index (χ1v) is 21.1. The summed E-state index contributed by atoms with van der Waals surface area (Å²) in [7, 11) is 0. The number of rotatable bonds is 36. The number of hydrogen-bond donors (Lipinski definition) is 1. The molecule has 0 saturated heterocycles. The molecule has 0 atom stereocenters. The van der Waals surface area contributed by atoms with Crippen molar-refractivity contribution >= 4 is 11.9 Å². The second-order valence-electron chi connectivity index (χ2n) is 16.3. The molecule has 0 rings (SSSR count). The molecule has 0 spiro atoms. The molecule has 0 aromatic rings. The van der Waals surface area contributed by atoms with Crippen molar-refractivity contribution in [2.45, 2.75) is 240 Å². The SMILES string of the molecule is CCCCCCCCCCCCOC(=O)C(C)(C)CCCCCC(O)CCCCCC(C)(C)C(=O)OCCCCCCCCCCCC. The Morgan fingerprint density at radius 3 is 1.02 bits per heavy atom. The topological polar surface area (TPSA) is 72.8 Å². The van der Waals surface area contributed by atoms with Crippen molar-refractivity contribution in [3.05, 3.63) is 0 Å². The summed E-state index contributed by atoms with van der Waals surface area (Å²) in [5.74, 6) is -0.132. The fourth-order valence-corrected chi connectivity index (χ4v) is 6.50. The van der Waals surface area contributed by atoms with Gasteiger partial charge in [0.25, 0.3) is 0 Å². The van der Waals surface area contributed by atoms with Crippen molar-refractivity contribution in [3.8, 4) is 0 Å². The van der Waals surface area contributed by atoms with Gasteiger partial charge >= 0.3 is 11.9 Å². The second kappa shape index (κ2) is 31.9. The Balaban J connectivity index is 3.75. The van der Waals surface area contributed by atoms with Gasteiger partial charge in [0, 0.05) is 0 Å². The first-order valence-electron chi connectivity index (χ1n) is 21.1. The molecular formula is C43H84O5. The summed E-state index contributed by atoms with van der Waals surface area (Å²) in [6.07, 6.45) is 34.6. The van der Waals surface area contributed by atoms with E-state index in [-0.39, 0.29) is 18.0 Å². The zero-order chi connectivity index (χ0) is 35.8. The van der Waals surface area contributed by atoms with E-state index in [0.29, 0.717) is 13.2 Å². The Morgan fingerprint density at radius 2 is 0.708 bits per heavy atom. The maximum atomic E-state index is 12.6. The summed E-state index contributed by atoms with van der Waals surface area (Å²) in [4.78, 5) is 25.2. The highest BCUT2D eigenvalue weighted by Gasteiger charge is 2.29. The zero-order valence-electron chi connectivity index (χ0n) is 33.3. The van der Waals surface area contributed by atoms with Crippen LogP contribution in [0.1, 0.15) is 234 Å². The minimum atomic E-state index is -0.440. The van der Waals surface area contributed by atoms with Gasteiger partial charge in [0.05, 0.1) is 30.1 Å². The van der Waals surface area contributed by atoms with Gasteiger partial charge < -0.3 is 14.6 Å². The van der Waals surface area contributed by atoms with E-state index in [9.17, 15) is 14.7 Å². The van der Waals surface area contributed by atoms with Crippen LogP contribution in [0.3, 0.4) is 0 Å². The fourth-order valence-electron chi connectivity index (χ4n) is 6.50. The van der Waals surface area contributed by atoms with Crippen molar-refractivity contribution in [1.29, 1.82) is 0 Å². The van der Waals surface area contributed by atoms with Gasteiger partial charge in [0.15, 0.2) is 0 Å². The Labute approximate surface area is 299 Å². The number of aliphatic hydroxyl groups excluding tert-OH is 1. The van der Waals surface area contributed by atoms with Crippen LogP contribution in [-0.2, 0) is 19.1 Å². The van der Waals surface area contributed by atoms with Crippen LogP contribution < -0.4 is 0 Å². The minimum absolute atomic E-state index is 0.0658. The number of esters is 2. The molecule has 5 heteroatoms. The van der Waals surface area contributed by atoms with Crippen LogP contribution in [0.2, 0.25) is 0 Å². The molecular weight excluding hydrogens is 596 g/mol. The van der Waals surface area contributed by atoms with Gasteiger partial charge in [-0.2, -0.15) is 0 Å². The summed E-state index contributed by atoms with van der Waals surface area (Å²) >= 11 is 0. The predicted molar refractivity (Wildman–Crippen MR) is 205 cm³/mol. The monoisotopic (exact) mass is 681 g/mol. The molecule has 5 nitrogen and oxygen atoms in total. The van der Waals surface area contributed by atoms with Gasteiger partial charge in [-0.05, 0) is 66.2 Å². The van der Waals surface area contributed by atoms with Crippen LogP contribution in [0.25, 0.3) is 0 Å². The van der Waals surface area contributed by atoms with Crippen LogP contribution in [0.4, 0.5) is 0 Å². The standard InChI is InChI=1S/C43H84O5/c1-7-9-11-13-15-17-19-21-23-31-37-47-40(45)42(3,4)35-29-25-27-33-39(44)34-28-26-30-36-43(5,6)41(46)48-38-32-24-22-20-18-16-14-12-10-8-2/h39,44H,7-38H2,1-6H3. The number of aliphatic hydroxyl groups is 1. The highest BCUT2D eigenvalue weighted by atomic mass is 16.5. The maximum Gasteiger partial charge on any atom is 0.311 e. The third-order valence-electron chi connectivity index (χ3n) is 10.2. The quantitative estimate of drug-likeness (QED) is 0.0526. The molecule has 0 unspecified atom stereocenters. The van der Waals surface area contributed by atoms with Crippen LogP contribution in [0.15, 0.2) is 0 Å². The molecule has 0 amide bonds. The average Bonchev–Trinajstić information content (AvgIpc) is 3.05. The van der Waals surface area contributed by atoms with Gasteiger partial charge in [0.1, 0.15) is 0 Å². The lowest BCUT2D eigenvalue weighted by Crippen LogP contribution is -2.27. The second-order valence-corrected chi connectivity index (χ2v) is 16.3. The summed E-state index contributed by atoms with van der Waals surface area (Å²) in [5.41, 5.74) is -0.880. The normalized spacial score (nSPS) is 12.2. The van der Waals surface area contributed by atoms with E-state index in [1.807, 2.05) is 27.7 Å². The van der Waals surface area contributed by atoms with Gasteiger partial charge in [0.2, 0.25) is 0 Å². The highest BCUT2D eigenvalue weighted by Crippen LogP contribution is 2.28. The average molecular weight is 681 g/mol. The summed E-state index contributed by atoms with van der Waals surface area (Å²) in [6, 6.07) is 0. The summed E-state index contributed by atoms with van der Waals surface area (Å²) in [6.45, 7) is 13.6. The van der Waals surface area contributed by atoms with Crippen molar-refractivity contribution in [1.82, 2.24) is 0 Å². The Hall–Kier alpha value is -1.10. The van der Waals surface area contributed by atoms with E-state index in [2.05, 4.69) is 13.8 Å². The first-order chi connectivity index (χ1) is 23.1. The Morgan fingerprint density at radius 1 is 0.438 bits per heavy atom. The zero-order valence-corrected chi connectivity index (χ0v) is 33.3. The third kappa shape index (κ3) is 28.7. The number of carbonyl (C=O) groups excluding carboxylic acids is 2. The van der Waals surface area contributed by atoms with Gasteiger partial charge in [-0.15, -0.1) is 0 Å².